The molecule has 2 amide bonds. The molecule has 0 atom stereocenters. The van der Waals surface area contributed by atoms with E-state index in [0.29, 0.717) is 19.4 Å². The van der Waals surface area contributed by atoms with E-state index in [1.54, 1.807) is 0 Å². The maximum atomic E-state index is 12.0. The molecule has 3 aromatic rings. The van der Waals surface area contributed by atoms with Crippen molar-refractivity contribution in [2.45, 2.75) is 19.4 Å². The lowest BCUT2D eigenvalue weighted by molar-refractivity contribution is -0.116. The van der Waals surface area contributed by atoms with Gasteiger partial charge in [-0.25, -0.2) is 4.79 Å². The van der Waals surface area contributed by atoms with Crippen LogP contribution < -0.4 is 10.6 Å². The first-order valence-corrected chi connectivity index (χ1v) is 8.94. The number of alkyl carbamates (subject to hydrolysis) is 1. The molecular formula is C22H22N2O3. The molecule has 0 radical (unpaired) electrons. The number of carbonyl (C=O) groups excluding carboxylic acids is 2. The highest BCUT2D eigenvalue weighted by Gasteiger charge is 2.05. The van der Waals surface area contributed by atoms with Crippen molar-refractivity contribution in [1.82, 2.24) is 5.32 Å². The number of hydrogen-bond donors (Lipinski definition) is 2. The standard InChI is InChI=1S/C22H22N2O3/c25-21(24-20-13-12-18-9-4-5-10-19(18)15-20)11-6-14-23-22(26)27-16-17-7-2-1-3-8-17/h1-5,7-10,12-13,15H,6,11,14,16H2,(H,23,26)(H,24,25). The molecule has 0 bridgehead atoms. The summed E-state index contributed by atoms with van der Waals surface area (Å²) in [7, 11) is 0. The number of nitrogens with one attached hydrogen (secondary N) is 2. The monoisotopic (exact) mass is 362 g/mol. The van der Waals surface area contributed by atoms with Crippen LogP contribution in [0.5, 0.6) is 0 Å². The molecule has 5 nitrogen and oxygen atoms in total. The van der Waals surface area contributed by atoms with Crippen molar-refractivity contribution >= 4 is 28.5 Å². The molecule has 0 saturated carbocycles. The zero-order chi connectivity index (χ0) is 18.9. The SMILES string of the molecule is O=C(CCCNC(=O)OCc1ccccc1)Nc1ccc2ccccc2c1. The topological polar surface area (TPSA) is 67.4 Å². The molecule has 0 aliphatic rings. The average molecular weight is 362 g/mol. The predicted molar refractivity (Wildman–Crippen MR) is 106 cm³/mol. The van der Waals surface area contributed by atoms with Crippen LogP contribution in [-0.2, 0) is 16.1 Å². The molecule has 138 valence electrons. The zero-order valence-electron chi connectivity index (χ0n) is 15.0. The van der Waals surface area contributed by atoms with Crippen LogP contribution in [-0.4, -0.2) is 18.5 Å². The highest BCUT2D eigenvalue weighted by molar-refractivity contribution is 5.94. The Morgan fingerprint density at radius 2 is 1.59 bits per heavy atom. The number of benzene rings is 3. The number of carbonyl (C=O) groups is 2. The Balaban J connectivity index is 1.34. The third kappa shape index (κ3) is 5.85. The Kier molecular flexibility index (Phi) is 6.41. The molecule has 27 heavy (non-hydrogen) atoms. The largest absolute Gasteiger partial charge is 0.445 e. The molecule has 0 aliphatic carbocycles. The van der Waals surface area contributed by atoms with E-state index in [9.17, 15) is 9.59 Å². The molecule has 5 heteroatoms. The summed E-state index contributed by atoms with van der Waals surface area (Å²) in [5, 5.41) is 7.76. The fraction of sp³-hybridized carbons (Fsp3) is 0.182. The number of fused-ring (bicyclic) bond motifs is 1. The molecule has 0 aliphatic heterocycles. The lowest BCUT2D eigenvalue weighted by Gasteiger charge is -2.08. The van der Waals surface area contributed by atoms with Gasteiger partial charge in [0, 0.05) is 18.7 Å². The lowest BCUT2D eigenvalue weighted by Crippen LogP contribution is -2.26. The van der Waals surface area contributed by atoms with E-state index in [1.165, 1.54) is 0 Å². The van der Waals surface area contributed by atoms with Crippen molar-refractivity contribution in [2.75, 3.05) is 11.9 Å². The van der Waals surface area contributed by atoms with Crippen LogP contribution in [0.15, 0.2) is 72.8 Å². The summed E-state index contributed by atoms with van der Waals surface area (Å²) < 4.78 is 5.12. The first-order valence-electron chi connectivity index (χ1n) is 8.94. The fourth-order valence-corrected chi connectivity index (χ4v) is 2.70. The van der Waals surface area contributed by atoms with Gasteiger partial charge in [-0.15, -0.1) is 0 Å². The van der Waals surface area contributed by atoms with Gasteiger partial charge < -0.3 is 15.4 Å². The van der Waals surface area contributed by atoms with Crippen LogP contribution in [0.25, 0.3) is 10.8 Å². The molecule has 0 spiro atoms. The average Bonchev–Trinajstić information content (AvgIpc) is 2.70. The summed E-state index contributed by atoms with van der Waals surface area (Å²) in [4.78, 5) is 23.7. The van der Waals surface area contributed by atoms with Crippen molar-refractivity contribution < 1.29 is 14.3 Å². The first-order chi connectivity index (χ1) is 13.2. The Bertz CT molecular complexity index is 910. The van der Waals surface area contributed by atoms with Crippen LogP contribution in [0.1, 0.15) is 18.4 Å². The van der Waals surface area contributed by atoms with Crippen molar-refractivity contribution in [3.63, 3.8) is 0 Å². The minimum absolute atomic E-state index is 0.0789. The Labute approximate surface area is 158 Å². The van der Waals surface area contributed by atoms with Gasteiger partial charge in [0.05, 0.1) is 0 Å². The highest BCUT2D eigenvalue weighted by atomic mass is 16.5. The molecule has 3 rings (SSSR count). The summed E-state index contributed by atoms with van der Waals surface area (Å²) in [6, 6.07) is 23.3. The molecule has 2 N–H and O–H groups in total. The fourth-order valence-electron chi connectivity index (χ4n) is 2.70. The highest BCUT2D eigenvalue weighted by Crippen LogP contribution is 2.19. The summed E-state index contributed by atoms with van der Waals surface area (Å²) in [6.07, 6.45) is 0.389. The van der Waals surface area contributed by atoms with Gasteiger partial charge in [-0.3, -0.25) is 4.79 Å². The van der Waals surface area contributed by atoms with E-state index in [4.69, 9.17) is 4.74 Å². The Hall–Kier alpha value is -3.34. The van der Waals surface area contributed by atoms with E-state index in [0.717, 1.165) is 22.0 Å². The van der Waals surface area contributed by atoms with Gasteiger partial charge in [-0.2, -0.15) is 0 Å². The van der Waals surface area contributed by atoms with Crippen molar-refractivity contribution in [1.29, 1.82) is 0 Å². The van der Waals surface area contributed by atoms with Crippen LogP contribution in [0.3, 0.4) is 0 Å². The van der Waals surface area contributed by atoms with Gasteiger partial charge in [0.1, 0.15) is 6.61 Å². The van der Waals surface area contributed by atoms with E-state index >= 15 is 0 Å². The maximum Gasteiger partial charge on any atom is 0.407 e. The van der Waals surface area contributed by atoms with Gasteiger partial charge in [-0.1, -0.05) is 60.7 Å². The number of anilines is 1. The number of ether oxygens (including phenoxy) is 1. The smallest absolute Gasteiger partial charge is 0.407 e. The van der Waals surface area contributed by atoms with Crippen LogP contribution in [0.4, 0.5) is 10.5 Å². The second-order valence-electron chi connectivity index (χ2n) is 6.20. The molecule has 0 aromatic heterocycles. The second kappa shape index (κ2) is 9.38. The van der Waals surface area contributed by atoms with Gasteiger partial charge in [-0.05, 0) is 34.9 Å². The van der Waals surface area contributed by atoms with Crippen molar-refractivity contribution in [2.24, 2.45) is 0 Å². The Morgan fingerprint density at radius 1 is 0.852 bits per heavy atom. The molecular weight excluding hydrogens is 340 g/mol. The predicted octanol–water partition coefficient (Wildman–Crippen LogP) is 4.48. The van der Waals surface area contributed by atoms with Crippen molar-refractivity contribution in [3.05, 3.63) is 78.4 Å². The van der Waals surface area contributed by atoms with E-state index < -0.39 is 6.09 Å². The van der Waals surface area contributed by atoms with E-state index in [2.05, 4.69) is 10.6 Å². The third-order valence-corrected chi connectivity index (χ3v) is 4.10. The second-order valence-corrected chi connectivity index (χ2v) is 6.20. The van der Waals surface area contributed by atoms with Gasteiger partial charge >= 0.3 is 6.09 Å². The molecule has 3 aromatic carbocycles. The van der Waals surface area contributed by atoms with Gasteiger partial charge in [0.15, 0.2) is 0 Å². The number of rotatable bonds is 7. The summed E-state index contributed by atoms with van der Waals surface area (Å²) in [5.41, 5.74) is 1.70. The number of hydrogen-bond acceptors (Lipinski definition) is 3. The summed E-state index contributed by atoms with van der Waals surface area (Å²) in [5.74, 6) is -0.0789. The van der Waals surface area contributed by atoms with E-state index in [1.807, 2.05) is 72.8 Å². The minimum Gasteiger partial charge on any atom is -0.445 e. The van der Waals surface area contributed by atoms with Crippen molar-refractivity contribution in [3.8, 4) is 0 Å². The third-order valence-electron chi connectivity index (χ3n) is 4.10. The molecule has 0 unspecified atom stereocenters. The quantitative estimate of drug-likeness (QED) is 0.609. The van der Waals surface area contributed by atoms with E-state index in [-0.39, 0.29) is 12.5 Å². The first kappa shape index (κ1) is 18.5. The minimum atomic E-state index is -0.478. The lowest BCUT2D eigenvalue weighted by atomic mass is 10.1. The van der Waals surface area contributed by atoms with Crippen LogP contribution >= 0.6 is 0 Å². The van der Waals surface area contributed by atoms with Gasteiger partial charge in [0.2, 0.25) is 5.91 Å². The van der Waals surface area contributed by atoms with Crippen LogP contribution in [0, 0.1) is 0 Å². The number of amides is 2. The van der Waals surface area contributed by atoms with Crippen LogP contribution in [0.2, 0.25) is 0 Å². The maximum absolute atomic E-state index is 12.0. The molecule has 0 saturated heterocycles. The molecule has 0 fully saturated rings. The Morgan fingerprint density at radius 3 is 2.41 bits per heavy atom. The zero-order valence-corrected chi connectivity index (χ0v) is 15.0. The van der Waals surface area contributed by atoms with Gasteiger partial charge in [0.25, 0.3) is 0 Å². The summed E-state index contributed by atoms with van der Waals surface area (Å²) in [6.45, 7) is 0.619. The molecule has 0 heterocycles. The summed E-state index contributed by atoms with van der Waals surface area (Å²) >= 11 is 0. The normalized spacial score (nSPS) is 10.4.